The van der Waals surface area contributed by atoms with Crippen LogP contribution in [0.5, 0.6) is 5.88 Å². The van der Waals surface area contributed by atoms with Gasteiger partial charge in [-0.3, -0.25) is 0 Å². The van der Waals surface area contributed by atoms with Crippen molar-refractivity contribution in [2.24, 2.45) is 5.73 Å². The van der Waals surface area contributed by atoms with E-state index in [1.807, 2.05) is 0 Å². The molecule has 0 aliphatic heterocycles. The van der Waals surface area contributed by atoms with Gasteiger partial charge in [-0.25, -0.2) is 9.97 Å². The summed E-state index contributed by atoms with van der Waals surface area (Å²) in [5.41, 5.74) is 7.91. The maximum absolute atomic E-state index is 5.64. The van der Waals surface area contributed by atoms with Crippen LogP contribution < -0.4 is 10.5 Å². The van der Waals surface area contributed by atoms with E-state index in [1.165, 1.54) is 25.7 Å². The Bertz CT molecular complexity index is 348. The summed E-state index contributed by atoms with van der Waals surface area (Å²) in [5.74, 6) is 1.28. The zero-order valence-corrected chi connectivity index (χ0v) is 9.78. The predicted octanol–water partition coefficient (Wildman–Crippen LogP) is 1.64. The SMILES string of the molecule is COc1ncnc(C2CCCC2)c1CCN. The topological polar surface area (TPSA) is 61.0 Å². The molecule has 1 aliphatic rings. The van der Waals surface area contributed by atoms with Crippen molar-refractivity contribution >= 4 is 0 Å². The summed E-state index contributed by atoms with van der Waals surface area (Å²) < 4.78 is 5.29. The molecule has 0 aromatic carbocycles. The average molecular weight is 221 g/mol. The van der Waals surface area contributed by atoms with Crippen LogP contribution in [-0.2, 0) is 6.42 Å². The molecule has 1 aromatic rings. The fourth-order valence-electron chi connectivity index (χ4n) is 2.52. The Morgan fingerprint density at radius 1 is 1.38 bits per heavy atom. The van der Waals surface area contributed by atoms with Crippen LogP contribution in [0.1, 0.15) is 42.9 Å². The summed E-state index contributed by atoms with van der Waals surface area (Å²) in [7, 11) is 1.65. The molecule has 1 fully saturated rings. The Kier molecular flexibility index (Phi) is 3.72. The lowest BCUT2D eigenvalue weighted by atomic mass is 9.97. The van der Waals surface area contributed by atoms with Gasteiger partial charge in [-0.15, -0.1) is 0 Å². The van der Waals surface area contributed by atoms with Crippen LogP contribution in [-0.4, -0.2) is 23.6 Å². The van der Waals surface area contributed by atoms with E-state index in [1.54, 1.807) is 13.4 Å². The molecule has 1 heterocycles. The summed E-state index contributed by atoms with van der Waals surface area (Å²) in [5, 5.41) is 0. The average Bonchev–Trinajstić information content (AvgIpc) is 2.83. The molecule has 1 aliphatic carbocycles. The monoisotopic (exact) mass is 221 g/mol. The first-order valence-electron chi connectivity index (χ1n) is 5.94. The Hall–Kier alpha value is -1.16. The molecule has 0 bridgehead atoms. The van der Waals surface area contributed by atoms with Gasteiger partial charge in [-0.1, -0.05) is 12.8 Å². The molecule has 0 atom stereocenters. The predicted molar refractivity (Wildman–Crippen MR) is 62.6 cm³/mol. The van der Waals surface area contributed by atoms with Gasteiger partial charge >= 0.3 is 0 Å². The van der Waals surface area contributed by atoms with E-state index in [2.05, 4.69) is 9.97 Å². The normalized spacial score (nSPS) is 16.6. The van der Waals surface area contributed by atoms with E-state index in [0.717, 1.165) is 17.7 Å². The Morgan fingerprint density at radius 3 is 2.75 bits per heavy atom. The van der Waals surface area contributed by atoms with Gasteiger partial charge in [0, 0.05) is 11.5 Å². The maximum Gasteiger partial charge on any atom is 0.219 e. The number of aromatic nitrogens is 2. The Morgan fingerprint density at radius 2 is 2.12 bits per heavy atom. The molecule has 16 heavy (non-hydrogen) atoms. The first-order chi connectivity index (χ1) is 7.86. The summed E-state index contributed by atoms with van der Waals surface area (Å²) in [4.78, 5) is 8.60. The lowest BCUT2D eigenvalue weighted by molar-refractivity contribution is 0.389. The van der Waals surface area contributed by atoms with Crippen LogP contribution in [0.15, 0.2) is 6.33 Å². The standard InChI is InChI=1S/C12H19N3O/c1-16-12-10(6-7-13)11(14-8-15-12)9-4-2-3-5-9/h8-9H,2-7,13H2,1H3. The lowest BCUT2D eigenvalue weighted by Gasteiger charge is -2.15. The van der Waals surface area contributed by atoms with Gasteiger partial charge in [0.15, 0.2) is 0 Å². The van der Waals surface area contributed by atoms with Crippen molar-refractivity contribution in [2.45, 2.75) is 38.0 Å². The number of hydrogen-bond acceptors (Lipinski definition) is 4. The summed E-state index contributed by atoms with van der Waals surface area (Å²) in [6, 6.07) is 0. The molecule has 2 N–H and O–H groups in total. The number of ether oxygens (including phenoxy) is 1. The quantitative estimate of drug-likeness (QED) is 0.839. The van der Waals surface area contributed by atoms with Gasteiger partial charge in [0.2, 0.25) is 5.88 Å². The summed E-state index contributed by atoms with van der Waals surface area (Å²) in [6.45, 7) is 0.615. The summed E-state index contributed by atoms with van der Waals surface area (Å²) in [6.07, 6.45) is 7.48. The van der Waals surface area contributed by atoms with Crippen LogP contribution >= 0.6 is 0 Å². The first kappa shape index (κ1) is 11.3. The maximum atomic E-state index is 5.64. The van der Waals surface area contributed by atoms with Gasteiger partial charge < -0.3 is 10.5 Å². The molecule has 4 nitrogen and oxygen atoms in total. The van der Waals surface area contributed by atoms with Crippen LogP contribution in [0, 0.1) is 0 Å². The van der Waals surface area contributed by atoms with E-state index < -0.39 is 0 Å². The zero-order valence-electron chi connectivity index (χ0n) is 9.78. The van der Waals surface area contributed by atoms with E-state index >= 15 is 0 Å². The second-order valence-corrected chi connectivity index (χ2v) is 4.27. The van der Waals surface area contributed by atoms with Gasteiger partial charge in [0.1, 0.15) is 6.33 Å². The lowest BCUT2D eigenvalue weighted by Crippen LogP contribution is -2.11. The number of nitrogens with zero attached hydrogens (tertiary/aromatic N) is 2. The third-order valence-corrected chi connectivity index (χ3v) is 3.27. The molecule has 0 radical (unpaired) electrons. The van der Waals surface area contributed by atoms with Crippen molar-refractivity contribution in [1.82, 2.24) is 9.97 Å². The van der Waals surface area contributed by atoms with Crippen LogP contribution in [0.4, 0.5) is 0 Å². The molecule has 2 rings (SSSR count). The van der Waals surface area contributed by atoms with Crippen molar-refractivity contribution in [3.63, 3.8) is 0 Å². The highest BCUT2D eigenvalue weighted by molar-refractivity contribution is 5.32. The number of rotatable bonds is 4. The van der Waals surface area contributed by atoms with Gasteiger partial charge in [-0.2, -0.15) is 0 Å². The van der Waals surface area contributed by atoms with Crippen LogP contribution in [0.3, 0.4) is 0 Å². The zero-order chi connectivity index (χ0) is 11.4. The molecule has 4 heteroatoms. The molecule has 0 unspecified atom stereocenters. The molecule has 0 amide bonds. The van der Waals surface area contributed by atoms with Crippen LogP contribution in [0.2, 0.25) is 0 Å². The third kappa shape index (κ3) is 2.16. The minimum atomic E-state index is 0.582. The Labute approximate surface area is 96.2 Å². The fourth-order valence-corrected chi connectivity index (χ4v) is 2.52. The first-order valence-corrected chi connectivity index (χ1v) is 5.94. The molecule has 0 saturated heterocycles. The largest absolute Gasteiger partial charge is 0.481 e. The number of methoxy groups -OCH3 is 1. The second kappa shape index (κ2) is 5.25. The highest BCUT2D eigenvalue weighted by Gasteiger charge is 2.23. The van der Waals surface area contributed by atoms with Crippen LogP contribution in [0.25, 0.3) is 0 Å². The molecule has 0 spiro atoms. The van der Waals surface area contributed by atoms with Crippen molar-refractivity contribution in [2.75, 3.05) is 13.7 Å². The molecular formula is C12H19N3O. The van der Waals surface area contributed by atoms with Crippen molar-refractivity contribution in [1.29, 1.82) is 0 Å². The summed E-state index contributed by atoms with van der Waals surface area (Å²) >= 11 is 0. The van der Waals surface area contributed by atoms with Gasteiger partial charge in [0.05, 0.1) is 12.8 Å². The molecular weight excluding hydrogens is 202 g/mol. The molecule has 88 valence electrons. The Balaban J connectivity index is 2.33. The highest BCUT2D eigenvalue weighted by atomic mass is 16.5. The third-order valence-electron chi connectivity index (χ3n) is 3.27. The van der Waals surface area contributed by atoms with E-state index in [4.69, 9.17) is 10.5 Å². The van der Waals surface area contributed by atoms with E-state index in [0.29, 0.717) is 18.3 Å². The van der Waals surface area contributed by atoms with Gasteiger partial charge in [-0.05, 0) is 25.8 Å². The molecule has 1 saturated carbocycles. The highest BCUT2D eigenvalue weighted by Crippen LogP contribution is 2.36. The van der Waals surface area contributed by atoms with Crippen molar-refractivity contribution < 1.29 is 4.74 Å². The van der Waals surface area contributed by atoms with E-state index in [9.17, 15) is 0 Å². The minimum Gasteiger partial charge on any atom is -0.481 e. The van der Waals surface area contributed by atoms with E-state index in [-0.39, 0.29) is 0 Å². The van der Waals surface area contributed by atoms with Crippen molar-refractivity contribution in [3.8, 4) is 5.88 Å². The fraction of sp³-hybridized carbons (Fsp3) is 0.667. The smallest absolute Gasteiger partial charge is 0.219 e. The van der Waals surface area contributed by atoms with Crippen molar-refractivity contribution in [3.05, 3.63) is 17.6 Å². The molecule has 1 aromatic heterocycles. The van der Waals surface area contributed by atoms with Gasteiger partial charge in [0.25, 0.3) is 0 Å². The number of nitrogens with two attached hydrogens (primary N) is 1. The minimum absolute atomic E-state index is 0.582. The second-order valence-electron chi connectivity index (χ2n) is 4.27. The number of hydrogen-bond donors (Lipinski definition) is 1.